The van der Waals surface area contributed by atoms with Crippen molar-refractivity contribution in [2.24, 2.45) is 0 Å². The van der Waals surface area contributed by atoms with Gasteiger partial charge >= 0.3 is 0 Å². The number of hydrogen-bond acceptors (Lipinski definition) is 6. The molecule has 8 heteroatoms. The van der Waals surface area contributed by atoms with Gasteiger partial charge in [-0.15, -0.1) is 0 Å². The number of amides is 1. The monoisotopic (exact) mass is 453 g/mol. The SMILES string of the molecule is CCC(OC)N(Cc1ccc(C#N)cn1)C(=O)c1ccc2nc(N)c(Br)cc2c1. The maximum atomic E-state index is 13.3. The molecule has 2 aromatic heterocycles. The number of nitriles is 1. The average Bonchev–Trinajstić information content (AvgIpc) is 2.74. The second kappa shape index (κ2) is 8.99. The molecule has 2 heterocycles. The maximum Gasteiger partial charge on any atom is 0.256 e. The number of hydrogen-bond donors (Lipinski definition) is 1. The first kappa shape index (κ1) is 20.7. The smallest absolute Gasteiger partial charge is 0.256 e. The third kappa shape index (κ3) is 4.53. The molecule has 3 rings (SSSR count). The summed E-state index contributed by atoms with van der Waals surface area (Å²) in [6.45, 7) is 2.21. The fourth-order valence-electron chi connectivity index (χ4n) is 3.04. The number of rotatable bonds is 6. The van der Waals surface area contributed by atoms with E-state index in [9.17, 15) is 4.79 Å². The molecule has 7 nitrogen and oxygen atoms in total. The van der Waals surface area contributed by atoms with E-state index in [0.29, 0.717) is 39.0 Å². The molecular weight excluding hydrogens is 434 g/mol. The van der Waals surface area contributed by atoms with Gasteiger partial charge in [-0.1, -0.05) is 6.92 Å². The summed E-state index contributed by atoms with van der Waals surface area (Å²) in [5.41, 5.74) is 8.20. The van der Waals surface area contributed by atoms with Crippen LogP contribution < -0.4 is 5.73 Å². The second-order valence-corrected chi connectivity index (χ2v) is 7.30. The Kier molecular flexibility index (Phi) is 6.42. The molecule has 0 saturated carbocycles. The van der Waals surface area contributed by atoms with Crippen LogP contribution in [-0.4, -0.2) is 34.1 Å². The number of pyridine rings is 2. The largest absolute Gasteiger partial charge is 0.383 e. The highest BCUT2D eigenvalue weighted by Gasteiger charge is 2.24. The molecule has 0 fully saturated rings. The molecule has 29 heavy (non-hydrogen) atoms. The summed E-state index contributed by atoms with van der Waals surface area (Å²) in [6.07, 6.45) is 1.71. The molecule has 0 spiro atoms. The molecule has 0 saturated heterocycles. The van der Waals surface area contributed by atoms with E-state index in [0.717, 1.165) is 5.39 Å². The topological polar surface area (TPSA) is 105 Å². The zero-order chi connectivity index (χ0) is 21.0. The van der Waals surface area contributed by atoms with Crippen LogP contribution in [0.3, 0.4) is 0 Å². The van der Waals surface area contributed by atoms with E-state index in [1.807, 2.05) is 19.1 Å². The highest BCUT2D eigenvalue weighted by molar-refractivity contribution is 9.10. The molecule has 0 aliphatic carbocycles. The number of carbonyl (C=O) groups excluding carboxylic acids is 1. The lowest BCUT2D eigenvalue weighted by molar-refractivity contribution is -0.0266. The number of anilines is 1. The number of carbonyl (C=O) groups is 1. The Labute approximate surface area is 177 Å². The van der Waals surface area contributed by atoms with Crippen LogP contribution in [0.2, 0.25) is 0 Å². The molecule has 2 N–H and O–H groups in total. The minimum atomic E-state index is -0.410. The van der Waals surface area contributed by atoms with Gasteiger partial charge in [0.1, 0.15) is 18.1 Å². The molecule has 1 aromatic carbocycles. The molecule has 1 atom stereocenters. The lowest BCUT2D eigenvalue weighted by Gasteiger charge is -2.30. The molecule has 0 bridgehead atoms. The first-order valence-electron chi connectivity index (χ1n) is 9.01. The van der Waals surface area contributed by atoms with Crippen molar-refractivity contribution in [2.45, 2.75) is 26.1 Å². The number of halogens is 1. The van der Waals surface area contributed by atoms with Crippen molar-refractivity contribution in [1.82, 2.24) is 14.9 Å². The molecular formula is C21H20BrN5O2. The first-order valence-corrected chi connectivity index (χ1v) is 9.80. The van der Waals surface area contributed by atoms with Crippen LogP contribution in [-0.2, 0) is 11.3 Å². The number of nitrogens with two attached hydrogens (primary N) is 1. The van der Waals surface area contributed by atoms with Crippen molar-refractivity contribution in [1.29, 1.82) is 5.26 Å². The summed E-state index contributed by atoms with van der Waals surface area (Å²) in [6, 6.07) is 12.6. The third-order valence-electron chi connectivity index (χ3n) is 4.56. The van der Waals surface area contributed by atoms with Gasteiger partial charge in [-0.3, -0.25) is 9.78 Å². The van der Waals surface area contributed by atoms with Crippen molar-refractivity contribution < 1.29 is 9.53 Å². The van der Waals surface area contributed by atoms with Gasteiger partial charge in [-0.25, -0.2) is 4.98 Å². The predicted octanol–water partition coefficient (Wildman–Crippen LogP) is 3.87. The Morgan fingerprint density at radius 3 is 2.76 bits per heavy atom. The maximum absolute atomic E-state index is 13.3. The minimum Gasteiger partial charge on any atom is -0.383 e. The standard InChI is InChI=1S/C21H20BrN5O2/c1-3-19(29-2)27(12-16-6-4-13(10-23)11-25-16)21(28)14-5-7-18-15(8-14)9-17(22)20(24)26-18/h4-9,11,19H,3,12H2,1-2H3,(H2,24,26). The van der Waals surface area contributed by atoms with Gasteiger partial charge in [0, 0.05) is 24.3 Å². The van der Waals surface area contributed by atoms with Crippen LogP contribution in [0.5, 0.6) is 0 Å². The van der Waals surface area contributed by atoms with E-state index in [2.05, 4.69) is 25.9 Å². The van der Waals surface area contributed by atoms with Crippen LogP contribution in [0.15, 0.2) is 47.1 Å². The highest BCUT2D eigenvalue weighted by atomic mass is 79.9. The van der Waals surface area contributed by atoms with Crippen molar-refractivity contribution in [3.8, 4) is 6.07 Å². The molecule has 1 amide bonds. The summed E-state index contributed by atoms with van der Waals surface area (Å²) in [7, 11) is 1.57. The Bertz CT molecular complexity index is 1070. The number of methoxy groups -OCH3 is 1. The summed E-state index contributed by atoms with van der Waals surface area (Å²) >= 11 is 3.37. The van der Waals surface area contributed by atoms with Gasteiger partial charge in [0.15, 0.2) is 0 Å². The second-order valence-electron chi connectivity index (χ2n) is 6.44. The third-order valence-corrected chi connectivity index (χ3v) is 5.19. The number of nitrogen functional groups attached to an aromatic ring is 1. The van der Waals surface area contributed by atoms with Crippen molar-refractivity contribution in [3.05, 3.63) is 63.9 Å². The summed E-state index contributed by atoms with van der Waals surface area (Å²) in [5, 5.41) is 9.75. The van der Waals surface area contributed by atoms with Gasteiger partial charge in [0.05, 0.1) is 27.8 Å². The van der Waals surface area contributed by atoms with Gasteiger partial charge in [0.25, 0.3) is 5.91 Å². The Morgan fingerprint density at radius 1 is 1.34 bits per heavy atom. The summed E-state index contributed by atoms with van der Waals surface area (Å²) < 4.78 is 6.21. The minimum absolute atomic E-state index is 0.181. The molecule has 1 unspecified atom stereocenters. The first-order chi connectivity index (χ1) is 14.0. The summed E-state index contributed by atoms with van der Waals surface area (Å²) in [5.74, 6) is 0.218. The van der Waals surface area contributed by atoms with Crippen LogP contribution in [0.4, 0.5) is 5.82 Å². The molecule has 0 aliphatic rings. The lowest BCUT2D eigenvalue weighted by atomic mass is 10.1. The lowest BCUT2D eigenvalue weighted by Crippen LogP contribution is -2.40. The fourth-order valence-corrected chi connectivity index (χ4v) is 3.38. The molecule has 3 aromatic rings. The quantitative estimate of drug-likeness (QED) is 0.567. The Hall–Kier alpha value is -3.02. The Morgan fingerprint density at radius 2 is 2.14 bits per heavy atom. The number of benzene rings is 1. The zero-order valence-electron chi connectivity index (χ0n) is 16.1. The van der Waals surface area contributed by atoms with Crippen molar-refractivity contribution in [3.63, 3.8) is 0 Å². The van der Waals surface area contributed by atoms with Crippen molar-refractivity contribution >= 4 is 38.6 Å². The highest BCUT2D eigenvalue weighted by Crippen LogP contribution is 2.25. The fraction of sp³-hybridized carbons (Fsp3) is 0.238. The van der Waals surface area contributed by atoms with Gasteiger partial charge < -0.3 is 15.4 Å². The van der Waals surface area contributed by atoms with Crippen LogP contribution in [0, 0.1) is 11.3 Å². The van der Waals surface area contributed by atoms with Gasteiger partial charge in [-0.2, -0.15) is 5.26 Å². The molecule has 0 aliphatic heterocycles. The van der Waals surface area contributed by atoms with E-state index in [1.165, 1.54) is 6.20 Å². The van der Waals surface area contributed by atoms with Gasteiger partial charge in [-0.05, 0) is 58.7 Å². The number of aromatic nitrogens is 2. The zero-order valence-corrected chi connectivity index (χ0v) is 17.7. The molecule has 148 valence electrons. The van der Waals surface area contributed by atoms with E-state index in [1.54, 1.807) is 42.3 Å². The number of ether oxygens (including phenoxy) is 1. The van der Waals surface area contributed by atoms with E-state index in [4.69, 9.17) is 15.7 Å². The van der Waals surface area contributed by atoms with E-state index in [-0.39, 0.29) is 12.5 Å². The van der Waals surface area contributed by atoms with Crippen molar-refractivity contribution in [2.75, 3.05) is 12.8 Å². The van der Waals surface area contributed by atoms with Crippen LogP contribution in [0.1, 0.15) is 35.0 Å². The normalized spacial score (nSPS) is 11.8. The van der Waals surface area contributed by atoms with Crippen LogP contribution in [0.25, 0.3) is 10.9 Å². The van der Waals surface area contributed by atoms with Crippen LogP contribution >= 0.6 is 15.9 Å². The Balaban J connectivity index is 1.96. The van der Waals surface area contributed by atoms with E-state index >= 15 is 0 Å². The predicted molar refractivity (Wildman–Crippen MR) is 114 cm³/mol. The molecule has 0 radical (unpaired) electrons. The van der Waals surface area contributed by atoms with E-state index < -0.39 is 6.23 Å². The number of nitrogens with zero attached hydrogens (tertiary/aromatic N) is 4. The average molecular weight is 454 g/mol. The summed E-state index contributed by atoms with van der Waals surface area (Å²) in [4.78, 5) is 23.6. The number of fused-ring (bicyclic) bond motifs is 1. The van der Waals surface area contributed by atoms with Gasteiger partial charge in [0.2, 0.25) is 0 Å².